The summed E-state index contributed by atoms with van der Waals surface area (Å²) in [7, 11) is 0. The Balaban J connectivity index is 1.25. The second kappa shape index (κ2) is 18.3. The van der Waals surface area contributed by atoms with Crippen molar-refractivity contribution < 1.29 is 90.2 Å². The maximum absolute atomic E-state index is 12.1. The van der Waals surface area contributed by atoms with E-state index in [9.17, 15) is 76.6 Å². The quantitative estimate of drug-likeness (QED) is 0.0412. The molecule has 2 atom stereocenters. The third-order valence-electron chi connectivity index (χ3n) is 14.2. The number of phenols is 10. The zero-order chi connectivity index (χ0) is 55.5. The molecule has 15 N–H and O–H groups in total. The number of allylic oxidation sites excluding steroid dienone is 5. The van der Waals surface area contributed by atoms with E-state index in [4.69, 9.17) is 18.6 Å². The van der Waals surface area contributed by atoms with Crippen LogP contribution in [0.1, 0.15) is 67.7 Å². The molecule has 398 valence electrons. The number of rotatable bonds is 7. The van der Waals surface area contributed by atoms with E-state index in [1.165, 1.54) is 25.2 Å². The minimum atomic E-state index is -1.77. The van der Waals surface area contributed by atoms with Gasteiger partial charge in [0, 0.05) is 23.6 Å². The van der Waals surface area contributed by atoms with E-state index in [1.54, 1.807) is 24.3 Å². The standard InChI is InChI=1S/C56H46N4O18/c1-20-17-28-30(38(64)44(70)37(20)63)31-36-53(49(75)46(72)39(31)65)78-77-50(35(60(28)36)21(2)19-61)29(22(3)62)55-57-54(25-15-13-24(14-16-25)27-12-8-7-11-26(18-27)23-9-5-4-6-10-23)58-56(59-55)34-42(68)40(66)32-33-41(67)45(71)47(73)48(74)52(33)76-51(32)43(34)69/h4-6,8-10,12-16,18,22,26,61-75H,7,11,17,19H2,1-3H3/b35-21+,50-29-. The van der Waals surface area contributed by atoms with Gasteiger partial charge >= 0.3 is 0 Å². The minimum absolute atomic E-state index is 0.00487. The van der Waals surface area contributed by atoms with Gasteiger partial charge in [0.05, 0.1) is 45.4 Å². The van der Waals surface area contributed by atoms with Crippen molar-refractivity contribution in [1.82, 2.24) is 19.4 Å². The number of benzene rings is 5. The molecule has 0 radical (unpaired) electrons. The molecule has 0 fully saturated rings. The molecule has 0 amide bonds. The second-order valence-electron chi connectivity index (χ2n) is 19.0. The number of furan rings is 1. The third kappa shape index (κ3) is 7.36. The highest BCUT2D eigenvalue weighted by atomic mass is 17.0. The van der Waals surface area contributed by atoms with Crippen LogP contribution < -0.4 is 10.8 Å². The normalized spacial score (nSPS) is 16.2. The van der Waals surface area contributed by atoms with E-state index < -0.39 is 149 Å². The third-order valence-corrected chi connectivity index (χ3v) is 14.2. The first-order chi connectivity index (χ1) is 37.2. The Hall–Kier alpha value is -10.2. The monoisotopic (exact) mass is 1060 g/mol. The molecule has 2 aliphatic carbocycles. The molecular formula is C56H46N4O18. The van der Waals surface area contributed by atoms with Crippen molar-refractivity contribution in [3.63, 3.8) is 0 Å². The van der Waals surface area contributed by atoms with Crippen LogP contribution in [0.25, 0.3) is 83.7 Å². The summed E-state index contributed by atoms with van der Waals surface area (Å²) >= 11 is 0. The molecule has 11 rings (SSSR count). The number of nitrogens with zero attached hydrogens (tertiary/aromatic N) is 4. The fourth-order valence-electron chi connectivity index (χ4n) is 10.3. The lowest BCUT2D eigenvalue weighted by atomic mass is 9.92. The Morgan fingerprint density at radius 1 is 0.641 bits per heavy atom. The molecule has 5 aromatic carbocycles. The van der Waals surface area contributed by atoms with Gasteiger partial charge in [-0.15, -0.1) is 0 Å². The van der Waals surface area contributed by atoms with Gasteiger partial charge in [-0.25, -0.2) is 15.0 Å². The second-order valence-corrected chi connectivity index (χ2v) is 19.0. The lowest BCUT2D eigenvalue weighted by Gasteiger charge is -2.15. The van der Waals surface area contributed by atoms with Gasteiger partial charge in [0.25, 0.3) is 0 Å². The predicted octanol–water partition coefficient (Wildman–Crippen LogP) is 7.75. The Morgan fingerprint density at radius 2 is 1.24 bits per heavy atom. The first kappa shape index (κ1) is 50.0. The maximum atomic E-state index is 12.1. The van der Waals surface area contributed by atoms with Crippen molar-refractivity contribution >= 4 is 60.9 Å². The maximum Gasteiger partial charge on any atom is 0.248 e. The predicted molar refractivity (Wildman–Crippen MR) is 279 cm³/mol. The van der Waals surface area contributed by atoms with Crippen LogP contribution in [0, 0.1) is 0 Å². The molecule has 2 unspecified atom stereocenters. The van der Waals surface area contributed by atoms with Gasteiger partial charge in [0.15, 0.2) is 68.9 Å². The topological polar surface area (TPSA) is 386 Å². The number of hydrogen-bond acceptors (Lipinski definition) is 21. The molecule has 0 saturated heterocycles. The Labute approximate surface area is 437 Å². The van der Waals surface area contributed by atoms with Crippen molar-refractivity contribution in [3.05, 3.63) is 129 Å². The summed E-state index contributed by atoms with van der Waals surface area (Å²) in [5.41, 5.74) is -1.52. The van der Waals surface area contributed by atoms with E-state index in [1.807, 2.05) is 24.3 Å². The zero-order valence-corrected chi connectivity index (χ0v) is 41.1. The van der Waals surface area contributed by atoms with E-state index in [0.717, 1.165) is 29.5 Å². The van der Waals surface area contributed by atoms with Crippen molar-refractivity contribution in [2.75, 3.05) is 6.61 Å². The molecule has 0 spiro atoms. The molecule has 9 aromatic rings. The van der Waals surface area contributed by atoms with Crippen molar-refractivity contribution in [2.45, 2.75) is 52.1 Å². The minimum Gasteiger partial charge on any atom is -0.504 e. The largest absolute Gasteiger partial charge is 0.504 e. The fourth-order valence-corrected chi connectivity index (χ4v) is 10.3. The van der Waals surface area contributed by atoms with Crippen LogP contribution >= 0.6 is 0 Å². The SMILES string of the molecule is CC1=C(O)C(O)=C(O)c2c(n3c(=C(\C)CO)/c(=C(/c4nc(-c5ccc(C6=CC(c7ccccc7)CCC=C6)cc5)nc(-c5c(O)c(O)c6c(oc7c(O)c(O)c(O)c(O)c76)c5O)n4)C(C)O)ooc4c(O)c(O)c(O)c2c43)C1. The number of phenolic OH excluding ortho intramolecular Hbond substituents is 10. The van der Waals surface area contributed by atoms with Crippen LogP contribution in [0.15, 0.2) is 103 Å². The number of aromatic nitrogens is 4. The summed E-state index contributed by atoms with van der Waals surface area (Å²) in [5, 5.41) is 167. The van der Waals surface area contributed by atoms with Crippen LogP contribution in [0.2, 0.25) is 0 Å². The molecule has 4 heterocycles. The highest BCUT2D eigenvalue weighted by molar-refractivity contribution is 6.18. The fraction of sp³-hybridized carbons (Fsp3) is 0.161. The number of aliphatic hydroxyl groups excluding tert-OH is 5. The van der Waals surface area contributed by atoms with Crippen LogP contribution in [-0.4, -0.2) is 109 Å². The van der Waals surface area contributed by atoms with Crippen LogP contribution in [0.5, 0.6) is 57.5 Å². The van der Waals surface area contributed by atoms with Crippen LogP contribution in [-0.2, 0) is 6.42 Å². The van der Waals surface area contributed by atoms with Gasteiger partial charge in [0.1, 0.15) is 11.1 Å². The van der Waals surface area contributed by atoms with Gasteiger partial charge in [0.2, 0.25) is 45.5 Å². The highest BCUT2D eigenvalue weighted by Crippen LogP contribution is 2.58. The first-order valence-corrected chi connectivity index (χ1v) is 24.0. The van der Waals surface area contributed by atoms with Crippen molar-refractivity contribution in [2.24, 2.45) is 0 Å². The number of aliphatic hydroxyl groups is 5. The highest BCUT2D eigenvalue weighted by Gasteiger charge is 2.36. The summed E-state index contributed by atoms with van der Waals surface area (Å²) in [5.74, 6) is -15.3. The molecule has 4 aromatic heterocycles. The van der Waals surface area contributed by atoms with Crippen LogP contribution in [0.4, 0.5) is 0 Å². The van der Waals surface area contributed by atoms with Gasteiger partial charge in [-0.05, 0) is 61.5 Å². The van der Waals surface area contributed by atoms with E-state index in [-0.39, 0.29) is 57.0 Å². The van der Waals surface area contributed by atoms with E-state index >= 15 is 0 Å². The summed E-state index contributed by atoms with van der Waals surface area (Å²) in [6, 6.07) is 16.9. The smallest absolute Gasteiger partial charge is 0.248 e. The zero-order valence-electron chi connectivity index (χ0n) is 41.1. The lowest BCUT2D eigenvalue weighted by molar-refractivity contribution is 0.0513. The summed E-state index contributed by atoms with van der Waals surface area (Å²) in [6.07, 6.45) is 5.82. The number of aromatic hydroxyl groups is 10. The Kier molecular flexibility index (Phi) is 11.7. The summed E-state index contributed by atoms with van der Waals surface area (Å²) < 4.78 is 18.7. The number of fused-ring (bicyclic) bond motifs is 6. The summed E-state index contributed by atoms with van der Waals surface area (Å²) in [4.78, 5) is 14.0. The van der Waals surface area contributed by atoms with Gasteiger partial charge in [-0.3, -0.25) is 9.15 Å². The molecule has 22 nitrogen and oxygen atoms in total. The van der Waals surface area contributed by atoms with Gasteiger partial charge in [-0.2, -0.15) is 0 Å². The van der Waals surface area contributed by atoms with Gasteiger partial charge in [-0.1, -0.05) is 72.8 Å². The van der Waals surface area contributed by atoms with E-state index in [0.29, 0.717) is 0 Å². The molecule has 78 heavy (non-hydrogen) atoms. The summed E-state index contributed by atoms with van der Waals surface area (Å²) in [6.45, 7) is 3.27. The van der Waals surface area contributed by atoms with Crippen molar-refractivity contribution in [1.29, 1.82) is 0 Å². The number of hydrogen-bond donors (Lipinski definition) is 15. The van der Waals surface area contributed by atoms with E-state index in [2.05, 4.69) is 34.3 Å². The Morgan fingerprint density at radius 3 is 1.92 bits per heavy atom. The Bertz CT molecular complexity index is 4360. The van der Waals surface area contributed by atoms with Crippen LogP contribution in [0.3, 0.4) is 0 Å². The molecule has 0 bridgehead atoms. The molecule has 0 saturated carbocycles. The molecule has 22 heteroatoms. The van der Waals surface area contributed by atoms with Crippen molar-refractivity contribution in [3.8, 4) is 80.3 Å². The molecule has 0 aliphatic heterocycles. The van der Waals surface area contributed by atoms with Gasteiger partial charge < -0.3 is 85.4 Å². The first-order valence-electron chi connectivity index (χ1n) is 24.0. The molecular weight excluding hydrogens is 1020 g/mol. The lowest BCUT2D eigenvalue weighted by Crippen LogP contribution is -2.37. The average Bonchev–Trinajstić information content (AvgIpc) is 3.99. The molecule has 2 aliphatic rings. The average molecular weight is 1060 g/mol.